The van der Waals surface area contributed by atoms with Crippen LogP contribution in [0.4, 0.5) is 4.79 Å². The Hall–Kier alpha value is -2.30. The standard InChI is InChI=1S/C22H29N3O2/c26-21(20-14-18-8-4-5-9-19(18)15-20)25(16-17-6-2-1-3-7-17)13-12-24-11-10-23-22(24)27/h1-2,4-5,8-9,17,20H,3,6-7,10-16H2,(H,23,27). The molecule has 1 unspecified atom stereocenters. The van der Waals surface area contributed by atoms with Crippen molar-refractivity contribution in [3.8, 4) is 0 Å². The fraction of sp³-hybridized carbons (Fsp3) is 0.545. The minimum Gasteiger partial charge on any atom is -0.340 e. The number of nitrogens with zero attached hydrogens (tertiary/aromatic N) is 2. The molecular weight excluding hydrogens is 338 g/mol. The normalized spacial score (nSPS) is 22.0. The Morgan fingerprint density at radius 3 is 2.59 bits per heavy atom. The second-order valence-electron chi connectivity index (χ2n) is 8.03. The lowest BCUT2D eigenvalue weighted by Crippen LogP contribution is -2.44. The molecule has 1 aromatic carbocycles. The summed E-state index contributed by atoms with van der Waals surface area (Å²) in [7, 11) is 0. The molecular formula is C22H29N3O2. The topological polar surface area (TPSA) is 52.7 Å². The number of amides is 3. The zero-order chi connectivity index (χ0) is 18.6. The maximum atomic E-state index is 13.4. The Morgan fingerprint density at radius 2 is 1.96 bits per heavy atom. The Morgan fingerprint density at radius 1 is 1.19 bits per heavy atom. The van der Waals surface area contributed by atoms with E-state index in [1.807, 2.05) is 9.80 Å². The van der Waals surface area contributed by atoms with E-state index in [1.165, 1.54) is 11.1 Å². The van der Waals surface area contributed by atoms with Gasteiger partial charge in [-0.05, 0) is 49.1 Å². The number of benzene rings is 1. The molecule has 27 heavy (non-hydrogen) atoms. The lowest BCUT2D eigenvalue weighted by molar-refractivity contribution is -0.136. The number of carbonyl (C=O) groups excluding carboxylic acids is 2. The lowest BCUT2D eigenvalue weighted by atomic mass is 9.93. The van der Waals surface area contributed by atoms with Gasteiger partial charge in [0.25, 0.3) is 0 Å². The van der Waals surface area contributed by atoms with Crippen LogP contribution < -0.4 is 5.32 Å². The van der Waals surface area contributed by atoms with E-state index in [0.29, 0.717) is 25.6 Å². The van der Waals surface area contributed by atoms with Crippen molar-refractivity contribution in [3.63, 3.8) is 0 Å². The first-order valence-electron chi connectivity index (χ1n) is 10.2. The zero-order valence-corrected chi connectivity index (χ0v) is 15.9. The molecule has 2 aliphatic carbocycles. The second kappa shape index (κ2) is 8.15. The van der Waals surface area contributed by atoms with Gasteiger partial charge in [-0.25, -0.2) is 4.79 Å². The van der Waals surface area contributed by atoms with Crippen molar-refractivity contribution in [2.24, 2.45) is 11.8 Å². The molecule has 1 N–H and O–H groups in total. The number of allylic oxidation sites excluding steroid dienone is 2. The van der Waals surface area contributed by atoms with Gasteiger partial charge in [0.2, 0.25) is 5.91 Å². The number of urea groups is 1. The van der Waals surface area contributed by atoms with E-state index in [0.717, 1.165) is 45.2 Å². The van der Waals surface area contributed by atoms with Crippen molar-refractivity contribution in [3.05, 3.63) is 47.5 Å². The van der Waals surface area contributed by atoms with Crippen LogP contribution >= 0.6 is 0 Å². The van der Waals surface area contributed by atoms with E-state index in [4.69, 9.17) is 0 Å². The molecule has 1 atom stereocenters. The number of carbonyl (C=O) groups is 2. The summed E-state index contributed by atoms with van der Waals surface area (Å²) in [5, 5.41) is 2.85. The van der Waals surface area contributed by atoms with Gasteiger partial charge in [-0.15, -0.1) is 0 Å². The first kappa shape index (κ1) is 18.1. The van der Waals surface area contributed by atoms with Gasteiger partial charge in [0.15, 0.2) is 0 Å². The summed E-state index contributed by atoms with van der Waals surface area (Å²) in [6.07, 6.45) is 9.49. The third-order valence-electron chi connectivity index (χ3n) is 6.15. The molecule has 1 aromatic rings. The van der Waals surface area contributed by atoms with E-state index < -0.39 is 0 Å². The predicted octanol–water partition coefficient (Wildman–Crippen LogP) is 2.61. The Kier molecular flexibility index (Phi) is 5.46. The van der Waals surface area contributed by atoms with Gasteiger partial charge < -0.3 is 15.1 Å². The average molecular weight is 367 g/mol. The van der Waals surface area contributed by atoms with Crippen molar-refractivity contribution < 1.29 is 9.59 Å². The first-order chi connectivity index (χ1) is 13.2. The molecule has 1 aliphatic heterocycles. The molecule has 5 heteroatoms. The molecule has 0 radical (unpaired) electrons. The maximum absolute atomic E-state index is 13.4. The summed E-state index contributed by atoms with van der Waals surface area (Å²) >= 11 is 0. The van der Waals surface area contributed by atoms with Crippen molar-refractivity contribution in [2.45, 2.75) is 32.1 Å². The molecule has 1 fully saturated rings. The third kappa shape index (κ3) is 4.18. The number of hydrogen-bond acceptors (Lipinski definition) is 2. The van der Waals surface area contributed by atoms with Crippen molar-refractivity contribution >= 4 is 11.9 Å². The van der Waals surface area contributed by atoms with Crippen molar-refractivity contribution in [1.82, 2.24) is 15.1 Å². The van der Waals surface area contributed by atoms with E-state index in [1.54, 1.807) is 0 Å². The van der Waals surface area contributed by atoms with Crippen LogP contribution in [0.1, 0.15) is 30.4 Å². The smallest absolute Gasteiger partial charge is 0.317 e. The van der Waals surface area contributed by atoms with E-state index in [-0.39, 0.29) is 17.9 Å². The first-order valence-corrected chi connectivity index (χ1v) is 10.2. The second-order valence-corrected chi connectivity index (χ2v) is 8.03. The maximum Gasteiger partial charge on any atom is 0.317 e. The van der Waals surface area contributed by atoms with Crippen molar-refractivity contribution in [1.29, 1.82) is 0 Å². The summed E-state index contributed by atoms with van der Waals surface area (Å²) in [6.45, 7) is 3.52. The highest BCUT2D eigenvalue weighted by Gasteiger charge is 2.32. The van der Waals surface area contributed by atoms with Gasteiger partial charge in [-0.2, -0.15) is 0 Å². The molecule has 0 bridgehead atoms. The molecule has 1 heterocycles. The number of hydrogen-bond donors (Lipinski definition) is 1. The van der Waals surface area contributed by atoms with Crippen molar-refractivity contribution in [2.75, 3.05) is 32.7 Å². The van der Waals surface area contributed by atoms with Crippen LogP contribution in [-0.2, 0) is 17.6 Å². The number of nitrogens with one attached hydrogen (secondary N) is 1. The average Bonchev–Trinajstić information content (AvgIpc) is 3.31. The third-order valence-corrected chi connectivity index (χ3v) is 6.15. The highest BCUT2D eigenvalue weighted by molar-refractivity contribution is 5.81. The van der Waals surface area contributed by atoms with Crippen LogP contribution in [0.3, 0.4) is 0 Å². The van der Waals surface area contributed by atoms with Crippen LogP contribution in [0.15, 0.2) is 36.4 Å². The minimum absolute atomic E-state index is 0.00345. The molecule has 0 aromatic heterocycles. The monoisotopic (exact) mass is 367 g/mol. The number of fused-ring (bicyclic) bond motifs is 1. The largest absolute Gasteiger partial charge is 0.340 e. The van der Waals surface area contributed by atoms with Gasteiger partial charge in [0, 0.05) is 38.6 Å². The van der Waals surface area contributed by atoms with Crippen LogP contribution in [-0.4, -0.2) is 54.5 Å². The van der Waals surface area contributed by atoms with Gasteiger partial charge >= 0.3 is 6.03 Å². The van der Waals surface area contributed by atoms with E-state index in [9.17, 15) is 9.59 Å². The number of rotatable bonds is 6. The quantitative estimate of drug-likeness (QED) is 0.786. The van der Waals surface area contributed by atoms with Gasteiger partial charge in [0.1, 0.15) is 0 Å². The van der Waals surface area contributed by atoms with Gasteiger partial charge in [0.05, 0.1) is 0 Å². The summed E-state index contributed by atoms with van der Waals surface area (Å²) in [4.78, 5) is 29.1. The van der Waals surface area contributed by atoms with Gasteiger partial charge in [-0.1, -0.05) is 36.4 Å². The highest BCUT2D eigenvalue weighted by Crippen LogP contribution is 2.29. The fourth-order valence-corrected chi connectivity index (χ4v) is 4.58. The molecule has 3 aliphatic rings. The molecule has 3 amide bonds. The predicted molar refractivity (Wildman–Crippen MR) is 105 cm³/mol. The molecule has 4 rings (SSSR count). The molecule has 0 saturated carbocycles. The van der Waals surface area contributed by atoms with Crippen LogP contribution in [0.2, 0.25) is 0 Å². The Bertz CT molecular complexity index is 705. The zero-order valence-electron chi connectivity index (χ0n) is 15.9. The summed E-state index contributed by atoms with van der Waals surface area (Å²) < 4.78 is 0. The molecule has 0 spiro atoms. The highest BCUT2D eigenvalue weighted by atomic mass is 16.2. The van der Waals surface area contributed by atoms with E-state index >= 15 is 0 Å². The fourth-order valence-electron chi connectivity index (χ4n) is 4.58. The van der Waals surface area contributed by atoms with Crippen LogP contribution in [0, 0.1) is 11.8 Å². The Labute approximate surface area is 161 Å². The minimum atomic E-state index is -0.00345. The van der Waals surface area contributed by atoms with Crippen LogP contribution in [0.25, 0.3) is 0 Å². The van der Waals surface area contributed by atoms with E-state index in [2.05, 4.69) is 41.7 Å². The Balaban J connectivity index is 1.42. The lowest BCUT2D eigenvalue weighted by Gasteiger charge is -2.31. The summed E-state index contributed by atoms with van der Waals surface area (Å²) in [5.74, 6) is 0.851. The SMILES string of the molecule is O=C1NCCN1CCN(CC1CC=CCC1)C(=O)C1Cc2ccccc2C1. The molecule has 144 valence electrons. The molecule has 1 saturated heterocycles. The summed E-state index contributed by atoms with van der Waals surface area (Å²) in [5.41, 5.74) is 2.63. The molecule has 5 nitrogen and oxygen atoms in total. The summed E-state index contributed by atoms with van der Waals surface area (Å²) in [6, 6.07) is 8.41. The van der Waals surface area contributed by atoms with Gasteiger partial charge in [-0.3, -0.25) is 4.79 Å². The van der Waals surface area contributed by atoms with Crippen LogP contribution in [0.5, 0.6) is 0 Å².